The Kier molecular flexibility index (Phi) is 4.33. The molecule has 2 aromatic rings. The van der Waals surface area contributed by atoms with Gasteiger partial charge in [-0.3, -0.25) is 0 Å². The summed E-state index contributed by atoms with van der Waals surface area (Å²) in [5.74, 6) is 1.54. The van der Waals surface area contributed by atoms with E-state index in [2.05, 4.69) is 26.1 Å². The first kappa shape index (κ1) is 13.0. The van der Waals surface area contributed by atoms with Crippen molar-refractivity contribution in [2.24, 2.45) is 0 Å². The van der Waals surface area contributed by atoms with Crippen molar-refractivity contribution in [2.45, 2.75) is 6.54 Å². The summed E-state index contributed by atoms with van der Waals surface area (Å²) in [5.41, 5.74) is 0.903. The van der Waals surface area contributed by atoms with Crippen LogP contribution in [0.2, 0.25) is 0 Å². The number of aromatic nitrogens is 3. The Morgan fingerprint density at radius 2 is 2.17 bits per heavy atom. The molecule has 0 saturated heterocycles. The highest BCUT2D eigenvalue weighted by Crippen LogP contribution is 2.31. The largest absolute Gasteiger partial charge is 0.496 e. The lowest BCUT2D eigenvalue weighted by Gasteiger charge is -2.10. The molecule has 0 N–H and O–H groups in total. The van der Waals surface area contributed by atoms with Gasteiger partial charge in [-0.05, 0) is 18.2 Å². The van der Waals surface area contributed by atoms with Crippen LogP contribution in [0.25, 0.3) is 11.4 Å². The van der Waals surface area contributed by atoms with Crippen LogP contribution in [0.4, 0.5) is 0 Å². The molecule has 0 fully saturated rings. The van der Waals surface area contributed by atoms with E-state index in [9.17, 15) is 0 Å². The zero-order chi connectivity index (χ0) is 13.0. The number of rotatable bonds is 5. The van der Waals surface area contributed by atoms with Gasteiger partial charge in [-0.2, -0.15) is 0 Å². The standard InChI is InChI=1S/C12H14BrN3O2/c1-17-6-5-16-8-14-15-12(16)10-7-9(13)3-4-11(10)18-2/h3-4,7-8H,5-6H2,1-2H3. The molecule has 1 heterocycles. The average molecular weight is 312 g/mol. The Bertz CT molecular complexity index is 528. The second kappa shape index (κ2) is 5.97. The van der Waals surface area contributed by atoms with Crippen molar-refractivity contribution in [1.82, 2.24) is 14.8 Å². The van der Waals surface area contributed by atoms with Gasteiger partial charge in [0.15, 0.2) is 5.82 Å². The molecular formula is C12H14BrN3O2. The van der Waals surface area contributed by atoms with Crippen LogP contribution in [-0.4, -0.2) is 35.6 Å². The van der Waals surface area contributed by atoms with Crippen LogP contribution in [-0.2, 0) is 11.3 Å². The molecule has 0 spiro atoms. The molecule has 1 aromatic heterocycles. The van der Waals surface area contributed by atoms with E-state index in [0.29, 0.717) is 13.2 Å². The number of hydrogen-bond acceptors (Lipinski definition) is 4. The first-order chi connectivity index (χ1) is 8.76. The minimum absolute atomic E-state index is 0.612. The minimum atomic E-state index is 0.612. The maximum Gasteiger partial charge on any atom is 0.167 e. The van der Waals surface area contributed by atoms with E-state index in [-0.39, 0.29) is 0 Å². The van der Waals surface area contributed by atoms with Crippen molar-refractivity contribution in [1.29, 1.82) is 0 Å². The summed E-state index contributed by atoms with van der Waals surface area (Å²) in [6.45, 7) is 1.32. The fourth-order valence-electron chi connectivity index (χ4n) is 1.67. The van der Waals surface area contributed by atoms with Crippen molar-refractivity contribution in [3.05, 3.63) is 29.0 Å². The molecule has 0 aliphatic rings. The van der Waals surface area contributed by atoms with E-state index in [1.165, 1.54) is 0 Å². The van der Waals surface area contributed by atoms with E-state index in [1.807, 2.05) is 22.8 Å². The van der Waals surface area contributed by atoms with Crippen LogP contribution in [0.3, 0.4) is 0 Å². The highest BCUT2D eigenvalue weighted by atomic mass is 79.9. The van der Waals surface area contributed by atoms with Crippen LogP contribution in [0.5, 0.6) is 5.75 Å². The number of halogens is 1. The summed E-state index contributed by atoms with van der Waals surface area (Å²) in [6, 6.07) is 5.79. The summed E-state index contributed by atoms with van der Waals surface area (Å²) < 4.78 is 13.3. The van der Waals surface area contributed by atoms with Gasteiger partial charge >= 0.3 is 0 Å². The van der Waals surface area contributed by atoms with Gasteiger partial charge in [0.2, 0.25) is 0 Å². The van der Waals surface area contributed by atoms with E-state index in [4.69, 9.17) is 9.47 Å². The molecule has 18 heavy (non-hydrogen) atoms. The third-order valence-corrected chi connectivity index (χ3v) is 3.05. The predicted molar refractivity (Wildman–Crippen MR) is 71.6 cm³/mol. The average Bonchev–Trinajstić information content (AvgIpc) is 2.84. The van der Waals surface area contributed by atoms with Crippen LogP contribution < -0.4 is 4.74 Å². The Morgan fingerprint density at radius 3 is 2.89 bits per heavy atom. The Labute approximate surface area is 114 Å². The SMILES string of the molecule is COCCn1cnnc1-c1cc(Br)ccc1OC. The second-order valence-corrected chi connectivity index (χ2v) is 4.60. The van der Waals surface area contributed by atoms with E-state index in [0.717, 1.165) is 21.6 Å². The van der Waals surface area contributed by atoms with Crippen molar-refractivity contribution < 1.29 is 9.47 Å². The molecule has 0 aliphatic carbocycles. The van der Waals surface area contributed by atoms with Crippen molar-refractivity contribution in [2.75, 3.05) is 20.8 Å². The van der Waals surface area contributed by atoms with Gasteiger partial charge in [-0.1, -0.05) is 15.9 Å². The van der Waals surface area contributed by atoms with Gasteiger partial charge in [-0.15, -0.1) is 10.2 Å². The lowest BCUT2D eigenvalue weighted by atomic mass is 10.2. The summed E-state index contributed by atoms with van der Waals surface area (Å²) in [7, 11) is 3.31. The third kappa shape index (κ3) is 2.70. The lowest BCUT2D eigenvalue weighted by molar-refractivity contribution is 0.187. The molecule has 0 aliphatic heterocycles. The fraction of sp³-hybridized carbons (Fsp3) is 0.333. The molecule has 6 heteroatoms. The number of methoxy groups -OCH3 is 2. The highest BCUT2D eigenvalue weighted by Gasteiger charge is 2.13. The van der Waals surface area contributed by atoms with Crippen LogP contribution in [0, 0.1) is 0 Å². The monoisotopic (exact) mass is 311 g/mol. The van der Waals surface area contributed by atoms with E-state index >= 15 is 0 Å². The third-order valence-electron chi connectivity index (χ3n) is 2.55. The topological polar surface area (TPSA) is 49.2 Å². The predicted octanol–water partition coefficient (Wildman–Crippen LogP) is 2.36. The molecule has 1 aromatic carbocycles. The first-order valence-electron chi connectivity index (χ1n) is 5.47. The Balaban J connectivity index is 2.41. The fourth-order valence-corrected chi connectivity index (χ4v) is 2.03. The Morgan fingerprint density at radius 1 is 1.33 bits per heavy atom. The molecular weight excluding hydrogens is 298 g/mol. The molecule has 0 atom stereocenters. The van der Waals surface area contributed by atoms with Gasteiger partial charge in [-0.25, -0.2) is 0 Å². The normalized spacial score (nSPS) is 10.6. The van der Waals surface area contributed by atoms with Crippen molar-refractivity contribution in [3.8, 4) is 17.1 Å². The maximum absolute atomic E-state index is 5.35. The number of ether oxygens (including phenoxy) is 2. The van der Waals surface area contributed by atoms with E-state index < -0.39 is 0 Å². The van der Waals surface area contributed by atoms with Crippen LogP contribution in [0.15, 0.2) is 29.0 Å². The lowest BCUT2D eigenvalue weighted by Crippen LogP contribution is -2.05. The molecule has 0 radical (unpaired) electrons. The molecule has 0 saturated carbocycles. The van der Waals surface area contributed by atoms with Gasteiger partial charge in [0, 0.05) is 18.1 Å². The minimum Gasteiger partial charge on any atom is -0.496 e. The van der Waals surface area contributed by atoms with Crippen molar-refractivity contribution in [3.63, 3.8) is 0 Å². The Hall–Kier alpha value is -1.40. The first-order valence-corrected chi connectivity index (χ1v) is 6.26. The summed E-state index contributed by atoms with van der Waals surface area (Å²) in [5, 5.41) is 8.09. The molecule has 96 valence electrons. The highest BCUT2D eigenvalue weighted by molar-refractivity contribution is 9.10. The van der Waals surface area contributed by atoms with Crippen molar-refractivity contribution >= 4 is 15.9 Å². The quantitative estimate of drug-likeness (QED) is 0.850. The van der Waals surface area contributed by atoms with Crippen LogP contribution >= 0.6 is 15.9 Å². The number of benzene rings is 1. The zero-order valence-corrected chi connectivity index (χ0v) is 11.8. The maximum atomic E-state index is 5.35. The molecule has 0 amide bonds. The van der Waals surface area contributed by atoms with Gasteiger partial charge in [0.1, 0.15) is 12.1 Å². The summed E-state index contributed by atoms with van der Waals surface area (Å²) in [6.07, 6.45) is 1.69. The second-order valence-electron chi connectivity index (χ2n) is 3.69. The zero-order valence-electron chi connectivity index (χ0n) is 10.3. The number of nitrogens with zero attached hydrogens (tertiary/aromatic N) is 3. The molecule has 5 nitrogen and oxygen atoms in total. The van der Waals surface area contributed by atoms with Gasteiger partial charge in [0.25, 0.3) is 0 Å². The molecule has 0 bridgehead atoms. The van der Waals surface area contributed by atoms with E-state index in [1.54, 1.807) is 20.5 Å². The van der Waals surface area contributed by atoms with Gasteiger partial charge in [0.05, 0.1) is 19.3 Å². The summed E-state index contributed by atoms with van der Waals surface area (Å²) in [4.78, 5) is 0. The molecule has 0 unspecified atom stereocenters. The van der Waals surface area contributed by atoms with Crippen LogP contribution in [0.1, 0.15) is 0 Å². The smallest absolute Gasteiger partial charge is 0.167 e. The van der Waals surface area contributed by atoms with Gasteiger partial charge < -0.3 is 14.0 Å². The molecule has 2 rings (SSSR count). The number of hydrogen-bond donors (Lipinski definition) is 0. The summed E-state index contributed by atoms with van der Waals surface area (Å²) >= 11 is 3.45.